The maximum absolute atomic E-state index is 6.00. The lowest BCUT2D eigenvalue weighted by atomic mass is 9.75. The van der Waals surface area contributed by atoms with Crippen LogP contribution in [0.15, 0.2) is 12.5 Å². The molecule has 0 spiro atoms. The van der Waals surface area contributed by atoms with Crippen LogP contribution in [0.3, 0.4) is 0 Å². The average molecular weight is 264 g/mol. The molecule has 0 radical (unpaired) electrons. The number of piperidine rings is 1. The van der Waals surface area contributed by atoms with Crippen molar-refractivity contribution >= 4 is 0 Å². The smallest absolute Gasteiger partial charge is 0.0946 e. The highest BCUT2D eigenvalue weighted by Gasteiger charge is 2.31. The molecule has 1 aromatic rings. The number of aromatic nitrogens is 2. The molecular formula is C15H28N4. The lowest BCUT2D eigenvalue weighted by Crippen LogP contribution is -2.42. The third-order valence-electron chi connectivity index (χ3n) is 4.61. The summed E-state index contributed by atoms with van der Waals surface area (Å²) in [5, 5.41) is 0. The third kappa shape index (κ3) is 3.18. The number of hydrogen-bond acceptors (Lipinski definition) is 3. The summed E-state index contributed by atoms with van der Waals surface area (Å²) in [7, 11) is 2.05. The monoisotopic (exact) mass is 264 g/mol. The van der Waals surface area contributed by atoms with Gasteiger partial charge in [0.15, 0.2) is 0 Å². The van der Waals surface area contributed by atoms with E-state index in [9.17, 15) is 0 Å². The molecule has 1 saturated heterocycles. The fourth-order valence-electron chi connectivity index (χ4n) is 3.22. The molecule has 2 heterocycles. The summed E-state index contributed by atoms with van der Waals surface area (Å²) >= 11 is 0. The van der Waals surface area contributed by atoms with Gasteiger partial charge < -0.3 is 10.3 Å². The van der Waals surface area contributed by atoms with E-state index in [0.717, 1.165) is 19.0 Å². The summed E-state index contributed by atoms with van der Waals surface area (Å²) < 4.78 is 2.09. The van der Waals surface area contributed by atoms with E-state index in [4.69, 9.17) is 5.73 Å². The summed E-state index contributed by atoms with van der Waals surface area (Å²) in [6.45, 7) is 10.0. The fourth-order valence-corrected chi connectivity index (χ4v) is 3.22. The first-order chi connectivity index (χ1) is 8.93. The lowest BCUT2D eigenvalue weighted by Gasteiger charge is -2.41. The van der Waals surface area contributed by atoms with Crippen LogP contribution in [0.25, 0.3) is 0 Å². The molecule has 1 unspecified atom stereocenters. The molecule has 1 fully saturated rings. The molecule has 1 aliphatic rings. The Hall–Kier alpha value is -0.870. The van der Waals surface area contributed by atoms with Gasteiger partial charge in [0.1, 0.15) is 0 Å². The number of hydrogen-bond donors (Lipinski definition) is 1. The second kappa shape index (κ2) is 5.63. The van der Waals surface area contributed by atoms with Gasteiger partial charge in [0, 0.05) is 19.8 Å². The standard InChI is InChI=1S/C15H28N4/c1-15(2,3)12-5-7-19(8-6-12)13(9-16)14-10-17-11-18(14)4/h10-13H,5-9,16H2,1-4H3. The molecule has 0 saturated carbocycles. The van der Waals surface area contributed by atoms with Crippen LogP contribution in [0.1, 0.15) is 45.3 Å². The van der Waals surface area contributed by atoms with Gasteiger partial charge in [-0.2, -0.15) is 0 Å². The Morgan fingerprint density at radius 2 is 2.00 bits per heavy atom. The molecule has 19 heavy (non-hydrogen) atoms. The molecular weight excluding hydrogens is 236 g/mol. The van der Waals surface area contributed by atoms with Crippen molar-refractivity contribution in [1.82, 2.24) is 14.5 Å². The van der Waals surface area contributed by atoms with E-state index in [0.29, 0.717) is 18.0 Å². The van der Waals surface area contributed by atoms with Crippen LogP contribution in [0.5, 0.6) is 0 Å². The third-order valence-corrected chi connectivity index (χ3v) is 4.61. The second-order valence-electron chi connectivity index (χ2n) is 6.86. The normalized spacial score (nSPS) is 20.7. The summed E-state index contributed by atoms with van der Waals surface area (Å²) in [5.41, 5.74) is 7.66. The number of rotatable bonds is 3. The minimum Gasteiger partial charge on any atom is -0.336 e. The molecule has 108 valence electrons. The van der Waals surface area contributed by atoms with Crippen molar-refractivity contribution < 1.29 is 0 Å². The number of likely N-dealkylation sites (tertiary alicyclic amines) is 1. The van der Waals surface area contributed by atoms with Gasteiger partial charge >= 0.3 is 0 Å². The molecule has 0 aromatic carbocycles. The van der Waals surface area contributed by atoms with E-state index in [1.807, 2.05) is 19.6 Å². The largest absolute Gasteiger partial charge is 0.336 e. The van der Waals surface area contributed by atoms with Crippen molar-refractivity contribution in [3.8, 4) is 0 Å². The predicted octanol–water partition coefficient (Wildman–Crippen LogP) is 2.18. The summed E-state index contributed by atoms with van der Waals surface area (Å²) in [5.74, 6) is 0.828. The minimum absolute atomic E-state index is 0.313. The highest BCUT2D eigenvalue weighted by molar-refractivity contribution is 5.06. The van der Waals surface area contributed by atoms with Gasteiger partial charge in [-0.1, -0.05) is 20.8 Å². The highest BCUT2D eigenvalue weighted by Crippen LogP contribution is 2.36. The first kappa shape index (κ1) is 14.5. The zero-order valence-corrected chi connectivity index (χ0v) is 12.8. The Bertz CT molecular complexity index is 397. The Morgan fingerprint density at radius 1 is 1.37 bits per heavy atom. The van der Waals surface area contributed by atoms with Crippen molar-refractivity contribution in [3.63, 3.8) is 0 Å². The van der Waals surface area contributed by atoms with Crippen LogP contribution in [0.4, 0.5) is 0 Å². The van der Waals surface area contributed by atoms with Gasteiger partial charge in [-0.3, -0.25) is 4.90 Å². The van der Waals surface area contributed by atoms with Gasteiger partial charge in [0.2, 0.25) is 0 Å². The van der Waals surface area contributed by atoms with E-state index >= 15 is 0 Å². The van der Waals surface area contributed by atoms with Crippen molar-refractivity contribution in [2.24, 2.45) is 24.1 Å². The summed E-state index contributed by atoms with van der Waals surface area (Å²) in [4.78, 5) is 6.75. The van der Waals surface area contributed by atoms with Gasteiger partial charge in [-0.25, -0.2) is 4.98 Å². The Morgan fingerprint density at radius 3 is 2.42 bits per heavy atom. The van der Waals surface area contributed by atoms with Crippen LogP contribution in [-0.4, -0.2) is 34.1 Å². The van der Waals surface area contributed by atoms with Crippen molar-refractivity contribution in [2.45, 2.75) is 39.7 Å². The van der Waals surface area contributed by atoms with E-state index in [2.05, 4.69) is 35.2 Å². The van der Waals surface area contributed by atoms with Gasteiger partial charge in [-0.15, -0.1) is 0 Å². The fraction of sp³-hybridized carbons (Fsp3) is 0.800. The molecule has 1 aliphatic heterocycles. The Balaban J connectivity index is 2.02. The SMILES string of the molecule is Cn1cncc1C(CN)N1CCC(C(C)(C)C)CC1. The van der Waals surface area contributed by atoms with Crippen molar-refractivity contribution in [2.75, 3.05) is 19.6 Å². The number of imidazole rings is 1. The van der Waals surface area contributed by atoms with Crippen LogP contribution in [0.2, 0.25) is 0 Å². The second-order valence-corrected chi connectivity index (χ2v) is 6.86. The number of aryl methyl sites for hydroxylation is 1. The van der Waals surface area contributed by atoms with Gasteiger partial charge in [0.05, 0.1) is 18.1 Å². The maximum atomic E-state index is 6.00. The average Bonchev–Trinajstić information content (AvgIpc) is 2.76. The molecule has 4 heteroatoms. The highest BCUT2D eigenvalue weighted by atomic mass is 15.2. The van der Waals surface area contributed by atoms with Crippen LogP contribution in [0, 0.1) is 11.3 Å². The Labute approximate surface area is 117 Å². The van der Waals surface area contributed by atoms with Crippen LogP contribution >= 0.6 is 0 Å². The summed E-state index contributed by atoms with van der Waals surface area (Å²) in [6, 6.07) is 0.313. The number of nitrogens with two attached hydrogens (primary N) is 1. The zero-order valence-electron chi connectivity index (χ0n) is 12.8. The molecule has 2 rings (SSSR count). The topological polar surface area (TPSA) is 47.1 Å². The van der Waals surface area contributed by atoms with Crippen molar-refractivity contribution in [1.29, 1.82) is 0 Å². The van der Waals surface area contributed by atoms with Crippen molar-refractivity contribution in [3.05, 3.63) is 18.2 Å². The molecule has 0 aliphatic carbocycles. The van der Waals surface area contributed by atoms with Gasteiger partial charge in [0.25, 0.3) is 0 Å². The van der Waals surface area contributed by atoms with Crippen LogP contribution in [-0.2, 0) is 7.05 Å². The summed E-state index contributed by atoms with van der Waals surface area (Å²) in [6.07, 6.45) is 6.36. The Kier molecular flexibility index (Phi) is 4.31. The van der Waals surface area contributed by atoms with E-state index < -0.39 is 0 Å². The van der Waals surface area contributed by atoms with E-state index in [1.54, 1.807) is 0 Å². The molecule has 1 atom stereocenters. The van der Waals surface area contributed by atoms with E-state index in [-0.39, 0.29) is 0 Å². The predicted molar refractivity (Wildman–Crippen MR) is 78.8 cm³/mol. The zero-order chi connectivity index (χ0) is 14.0. The lowest BCUT2D eigenvalue weighted by molar-refractivity contribution is 0.0824. The first-order valence-electron chi connectivity index (χ1n) is 7.34. The van der Waals surface area contributed by atoms with Crippen LogP contribution < -0.4 is 5.73 Å². The number of nitrogens with zero attached hydrogens (tertiary/aromatic N) is 3. The minimum atomic E-state index is 0.313. The maximum Gasteiger partial charge on any atom is 0.0946 e. The quantitative estimate of drug-likeness (QED) is 0.910. The van der Waals surface area contributed by atoms with E-state index in [1.165, 1.54) is 18.5 Å². The molecule has 4 nitrogen and oxygen atoms in total. The molecule has 0 amide bonds. The molecule has 2 N–H and O–H groups in total. The molecule has 0 bridgehead atoms. The first-order valence-corrected chi connectivity index (χ1v) is 7.34. The molecule has 1 aromatic heterocycles. The van der Waals surface area contributed by atoms with Gasteiger partial charge in [-0.05, 0) is 37.3 Å².